The standard InChI is InChI=1S/C13H16O2/c1-10-6-8-12(9-7-10)13(15)5-3-4-11(2)14/h6-9H,3-5H2,1-2H3. The van der Waals surface area contributed by atoms with E-state index in [1.165, 1.54) is 0 Å². The zero-order valence-electron chi connectivity index (χ0n) is 9.25. The van der Waals surface area contributed by atoms with Crippen molar-refractivity contribution in [2.45, 2.75) is 33.1 Å². The first-order chi connectivity index (χ1) is 7.09. The van der Waals surface area contributed by atoms with Gasteiger partial charge in [-0.3, -0.25) is 4.79 Å². The molecular formula is C13H16O2. The van der Waals surface area contributed by atoms with Crippen LogP contribution >= 0.6 is 0 Å². The fraction of sp³-hybridized carbons (Fsp3) is 0.385. The monoisotopic (exact) mass is 204 g/mol. The lowest BCUT2D eigenvalue weighted by atomic mass is 10.0. The summed E-state index contributed by atoms with van der Waals surface area (Å²) in [6, 6.07) is 7.54. The van der Waals surface area contributed by atoms with E-state index in [4.69, 9.17) is 0 Å². The summed E-state index contributed by atoms with van der Waals surface area (Å²) >= 11 is 0. The van der Waals surface area contributed by atoms with Crippen LogP contribution in [0.3, 0.4) is 0 Å². The number of benzene rings is 1. The van der Waals surface area contributed by atoms with Gasteiger partial charge in [0.2, 0.25) is 0 Å². The summed E-state index contributed by atoms with van der Waals surface area (Å²) < 4.78 is 0. The third-order valence-corrected chi connectivity index (χ3v) is 2.31. The van der Waals surface area contributed by atoms with E-state index in [-0.39, 0.29) is 11.6 Å². The first-order valence-corrected chi connectivity index (χ1v) is 5.19. The van der Waals surface area contributed by atoms with Crippen LogP contribution < -0.4 is 0 Å². The van der Waals surface area contributed by atoms with Crippen LogP contribution in [0, 0.1) is 6.92 Å². The Labute approximate surface area is 90.3 Å². The van der Waals surface area contributed by atoms with Crippen LogP contribution in [0.15, 0.2) is 24.3 Å². The molecule has 0 bridgehead atoms. The van der Waals surface area contributed by atoms with Crippen LogP contribution in [0.5, 0.6) is 0 Å². The summed E-state index contributed by atoms with van der Waals surface area (Å²) in [5.74, 6) is 0.267. The van der Waals surface area contributed by atoms with E-state index < -0.39 is 0 Å². The Morgan fingerprint density at radius 3 is 2.20 bits per heavy atom. The maximum Gasteiger partial charge on any atom is 0.162 e. The molecule has 0 aliphatic carbocycles. The number of carbonyl (C=O) groups excluding carboxylic acids is 2. The van der Waals surface area contributed by atoms with Gasteiger partial charge in [0, 0.05) is 18.4 Å². The number of carbonyl (C=O) groups is 2. The fourth-order valence-corrected chi connectivity index (χ4v) is 1.38. The van der Waals surface area contributed by atoms with Gasteiger partial charge in [0.05, 0.1) is 0 Å². The van der Waals surface area contributed by atoms with Gasteiger partial charge >= 0.3 is 0 Å². The zero-order valence-corrected chi connectivity index (χ0v) is 9.25. The number of rotatable bonds is 5. The van der Waals surface area contributed by atoms with E-state index >= 15 is 0 Å². The van der Waals surface area contributed by atoms with Gasteiger partial charge in [-0.1, -0.05) is 29.8 Å². The lowest BCUT2D eigenvalue weighted by molar-refractivity contribution is -0.117. The predicted molar refractivity (Wildman–Crippen MR) is 60.0 cm³/mol. The number of hydrogen-bond donors (Lipinski definition) is 0. The molecule has 0 saturated heterocycles. The summed E-state index contributed by atoms with van der Waals surface area (Å²) in [6.07, 6.45) is 1.61. The summed E-state index contributed by atoms with van der Waals surface area (Å²) in [5.41, 5.74) is 1.89. The molecule has 0 spiro atoms. The third kappa shape index (κ3) is 4.07. The minimum absolute atomic E-state index is 0.122. The topological polar surface area (TPSA) is 34.1 Å². The van der Waals surface area contributed by atoms with E-state index in [0.717, 1.165) is 11.1 Å². The SMILES string of the molecule is CC(=O)CCCC(=O)c1ccc(C)cc1. The molecule has 0 amide bonds. The van der Waals surface area contributed by atoms with Crippen molar-refractivity contribution in [3.63, 3.8) is 0 Å². The zero-order chi connectivity index (χ0) is 11.3. The molecule has 0 aliphatic rings. The molecule has 0 atom stereocenters. The summed E-state index contributed by atoms with van der Waals surface area (Å²) in [4.78, 5) is 22.3. The summed E-state index contributed by atoms with van der Waals surface area (Å²) in [6.45, 7) is 3.54. The van der Waals surface area contributed by atoms with Crippen molar-refractivity contribution in [1.29, 1.82) is 0 Å². The second-order valence-electron chi connectivity index (χ2n) is 3.84. The molecule has 1 rings (SSSR count). The van der Waals surface area contributed by atoms with Crippen molar-refractivity contribution in [2.75, 3.05) is 0 Å². The Balaban J connectivity index is 2.47. The molecular weight excluding hydrogens is 188 g/mol. The van der Waals surface area contributed by atoms with Crippen molar-refractivity contribution in [2.24, 2.45) is 0 Å². The molecule has 0 unspecified atom stereocenters. The minimum atomic E-state index is 0.122. The highest BCUT2D eigenvalue weighted by molar-refractivity contribution is 5.96. The van der Waals surface area contributed by atoms with Gasteiger partial charge in [0.1, 0.15) is 5.78 Å². The van der Waals surface area contributed by atoms with Crippen molar-refractivity contribution in [1.82, 2.24) is 0 Å². The second kappa shape index (κ2) is 5.44. The van der Waals surface area contributed by atoms with E-state index in [0.29, 0.717) is 19.3 Å². The quantitative estimate of drug-likeness (QED) is 0.691. The minimum Gasteiger partial charge on any atom is -0.300 e. The molecule has 15 heavy (non-hydrogen) atoms. The van der Waals surface area contributed by atoms with Crippen molar-refractivity contribution in [3.05, 3.63) is 35.4 Å². The summed E-state index contributed by atoms with van der Waals surface area (Å²) in [7, 11) is 0. The van der Waals surface area contributed by atoms with Crippen LogP contribution in [0.1, 0.15) is 42.1 Å². The summed E-state index contributed by atoms with van der Waals surface area (Å²) in [5, 5.41) is 0. The van der Waals surface area contributed by atoms with Crippen LogP contribution in [-0.4, -0.2) is 11.6 Å². The Hall–Kier alpha value is -1.44. The number of aryl methyl sites for hydroxylation is 1. The van der Waals surface area contributed by atoms with E-state index in [2.05, 4.69) is 0 Å². The third-order valence-electron chi connectivity index (χ3n) is 2.31. The predicted octanol–water partition coefficient (Wildman–Crippen LogP) is 2.94. The van der Waals surface area contributed by atoms with Crippen molar-refractivity contribution in [3.8, 4) is 0 Å². The Morgan fingerprint density at radius 1 is 1.07 bits per heavy atom. The fourth-order valence-electron chi connectivity index (χ4n) is 1.38. The maximum atomic E-state index is 11.6. The van der Waals surface area contributed by atoms with E-state index in [9.17, 15) is 9.59 Å². The number of ketones is 2. The second-order valence-corrected chi connectivity index (χ2v) is 3.84. The first-order valence-electron chi connectivity index (χ1n) is 5.19. The highest BCUT2D eigenvalue weighted by atomic mass is 16.1. The van der Waals surface area contributed by atoms with Crippen LogP contribution in [0.25, 0.3) is 0 Å². The average Bonchev–Trinajstić information content (AvgIpc) is 2.18. The molecule has 1 aromatic rings. The van der Waals surface area contributed by atoms with E-state index in [1.807, 2.05) is 31.2 Å². The molecule has 0 saturated carbocycles. The molecule has 1 aromatic carbocycles. The van der Waals surface area contributed by atoms with Gasteiger partial charge in [-0.25, -0.2) is 0 Å². The van der Waals surface area contributed by atoms with Gasteiger partial charge in [-0.2, -0.15) is 0 Å². The number of Topliss-reactive ketones (excluding diaryl/α,β-unsaturated/α-hetero) is 2. The smallest absolute Gasteiger partial charge is 0.162 e. The van der Waals surface area contributed by atoms with Gasteiger partial charge in [-0.05, 0) is 20.3 Å². The average molecular weight is 204 g/mol. The van der Waals surface area contributed by atoms with Crippen molar-refractivity contribution < 1.29 is 9.59 Å². The normalized spacial score (nSPS) is 10.0. The highest BCUT2D eigenvalue weighted by Gasteiger charge is 2.05. The van der Waals surface area contributed by atoms with Gasteiger partial charge < -0.3 is 4.79 Å². The molecule has 2 heteroatoms. The lowest BCUT2D eigenvalue weighted by Crippen LogP contribution is -2.00. The van der Waals surface area contributed by atoms with Gasteiger partial charge in [0.25, 0.3) is 0 Å². The van der Waals surface area contributed by atoms with Crippen LogP contribution in [-0.2, 0) is 4.79 Å². The van der Waals surface area contributed by atoms with Gasteiger partial charge in [0.15, 0.2) is 5.78 Å². The maximum absolute atomic E-state index is 11.6. The largest absolute Gasteiger partial charge is 0.300 e. The van der Waals surface area contributed by atoms with Crippen molar-refractivity contribution >= 4 is 11.6 Å². The molecule has 80 valence electrons. The lowest BCUT2D eigenvalue weighted by Gasteiger charge is -2.00. The molecule has 0 heterocycles. The highest BCUT2D eigenvalue weighted by Crippen LogP contribution is 2.08. The number of hydrogen-bond acceptors (Lipinski definition) is 2. The molecule has 0 aliphatic heterocycles. The van der Waals surface area contributed by atoms with Crippen LogP contribution in [0.4, 0.5) is 0 Å². The molecule has 2 nitrogen and oxygen atoms in total. The Kier molecular flexibility index (Phi) is 4.22. The van der Waals surface area contributed by atoms with Crippen LogP contribution in [0.2, 0.25) is 0 Å². The van der Waals surface area contributed by atoms with E-state index in [1.54, 1.807) is 6.92 Å². The van der Waals surface area contributed by atoms with Gasteiger partial charge in [-0.15, -0.1) is 0 Å². The molecule has 0 radical (unpaired) electrons. The Bertz CT molecular complexity index is 349. The molecule has 0 fully saturated rings. The first kappa shape index (κ1) is 11.6. The Morgan fingerprint density at radius 2 is 1.67 bits per heavy atom. The molecule has 0 aromatic heterocycles. The molecule has 0 N–H and O–H groups in total.